The van der Waals surface area contributed by atoms with Crippen LogP contribution in [0.15, 0.2) is 71.9 Å². The van der Waals surface area contributed by atoms with Crippen molar-refractivity contribution in [1.29, 1.82) is 0 Å². The number of anilines is 1. The van der Waals surface area contributed by atoms with Crippen molar-refractivity contribution in [3.8, 4) is 0 Å². The first-order valence-electron chi connectivity index (χ1n) is 12.3. The van der Waals surface area contributed by atoms with E-state index in [0.29, 0.717) is 22.5 Å². The summed E-state index contributed by atoms with van der Waals surface area (Å²) >= 11 is 0. The monoisotopic (exact) mass is 553 g/mol. The number of amides is 1. The zero-order valence-corrected chi connectivity index (χ0v) is 21.4. The molecule has 0 saturated carbocycles. The number of para-hydroxylation sites is 1. The number of hydrogen-bond donors (Lipinski definition) is 1. The lowest BCUT2D eigenvalue weighted by atomic mass is 9.81. The van der Waals surface area contributed by atoms with Crippen LogP contribution in [0.25, 0.3) is 0 Å². The Morgan fingerprint density at radius 2 is 1.46 bits per heavy atom. The molecule has 1 aliphatic rings. The fourth-order valence-corrected chi connectivity index (χ4v) is 4.60. The van der Waals surface area contributed by atoms with E-state index < -0.39 is 67.7 Å². The molecule has 0 fully saturated rings. The Morgan fingerprint density at radius 1 is 0.923 bits per heavy atom. The van der Waals surface area contributed by atoms with Gasteiger partial charge in [0.1, 0.15) is 5.78 Å². The molecule has 0 unspecified atom stereocenters. The van der Waals surface area contributed by atoms with E-state index in [2.05, 4.69) is 11.9 Å². The molecule has 1 heterocycles. The second kappa shape index (κ2) is 12.0. The van der Waals surface area contributed by atoms with Crippen LogP contribution in [0, 0.1) is 11.8 Å². The van der Waals surface area contributed by atoms with Crippen LogP contribution in [0.2, 0.25) is 0 Å². The molecule has 0 radical (unpaired) electrons. The summed E-state index contributed by atoms with van der Waals surface area (Å²) in [4.78, 5) is 32.1. The molecule has 2 aromatic rings. The Hall–Kier alpha value is -3.63. The highest BCUT2D eigenvalue weighted by atomic mass is 19.4. The third kappa shape index (κ3) is 7.93. The van der Waals surface area contributed by atoms with Crippen LogP contribution in [-0.2, 0) is 9.59 Å². The number of nitrogens with zero attached hydrogens (tertiary/aromatic N) is 2. The van der Waals surface area contributed by atoms with E-state index in [9.17, 15) is 35.9 Å². The van der Waals surface area contributed by atoms with E-state index in [0.717, 1.165) is 6.92 Å². The number of carbonyl (C=O) groups excluding carboxylic acids is 2. The summed E-state index contributed by atoms with van der Waals surface area (Å²) < 4.78 is 78.1. The minimum absolute atomic E-state index is 0.283. The summed E-state index contributed by atoms with van der Waals surface area (Å²) in [5, 5.41) is 2.57. The second-order valence-electron chi connectivity index (χ2n) is 9.45. The summed E-state index contributed by atoms with van der Waals surface area (Å²) in [7, 11) is 1.69. The van der Waals surface area contributed by atoms with Gasteiger partial charge in [-0.2, -0.15) is 26.3 Å². The van der Waals surface area contributed by atoms with Gasteiger partial charge in [-0.05, 0) is 25.8 Å². The van der Waals surface area contributed by atoms with Crippen molar-refractivity contribution in [1.82, 2.24) is 5.32 Å². The first-order chi connectivity index (χ1) is 18.2. The molecule has 1 N–H and O–H groups in total. The first-order valence-corrected chi connectivity index (χ1v) is 12.3. The van der Waals surface area contributed by atoms with Gasteiger partial charge in [-0.25, -0.2) is 0 Å². The van der Waals surface area contributed by atoms with Gasteiger partial charge in [0.05, 0.1) is 17.1 Å². The largest absolute Gasteiger partial charge is 0.389 e. The number of hydrogen-bond acceptors (Lipinski definition) is 4. The number of benzodiazepines with no additional fused rings is 1. The Kier molecular flexibility index (Phi) is 9.24. The molecule has 3 atom stereocenters. The van der Waals surface area contributed by atoms with Gasteiger partial charge < -0.3 is 10.2 Å². The predicted octanol–water partition coefficient (Wildman–Crippen LogP) is 6.44. The molecular weight excluding hydrogens is 524 g/mol. The lowest BCUT2D eigenvalue weighted by molar-refractivity contribution is -0.151. The quantitative estimate of drug-likeness (QED) is 0.364. The van der Waals surface area contributed by atoms with Crippen LogP contribution in [0.3, 0.4) is 0 Å². The predicted molar refractivity (Wildman–Crippen MR) is 136 cm³/mol. The van der Waals surface area contributed by atoms with Crippen LogP contribution in [0.1, 0.15) is 43.7 Å². The Labute approximate surface area is 222 Å². The van der Waals surface area contributed by atoms with Crippen molar-refractivity contribution in [3.05, 3.63) is 78.0 Å². The third-order valence-electron chi connectivity index (χ3n) is 6.67. The summed E-state index contributed by atoms with van der Waals surface area (Å²) in [6.07, 6.45) is -15.0. The highest BCUT2D eigenvalue weighted by Crippen LogP contribution is 2.34. The van der Waals surface area contributed by atoms with Gasteiger partial charge in [0.15, 0.2) is 6.17 Å². The lowest BCUT2D eigenvalue weighted by Crippen LogP contribution is -2.45. The van der Waals surface area contributed by atoms with E-state index in [4.69, 9.17) is 4.99 Å². The van der Waals surface area contributed by atoms with Crippen molar-refractivity contribution < 1.29 is 35.9 Å². The van der Waals surface area contributed by atoms with Gasteiger partial charge in [-0.15, -0.1) is 0 Å². The number of ketones is 1. The number of halogens is 6. The molecule has 3 rings (SSSR count). The van der Waals surface area contributed by atoms with Crippen molar-refractivity contribution in [2.45, 2.75) is 51.1 Å². The summed E-state index contributed by atoms with van der Waals surface area (Å²) in [5.74, 6) is -4.99. The molecule has 1 amide bonds. The van der Waals surface area contributed by atoms with Crippen LogP contribution in [0.4, 0.5) is 32.0 Å². The van der Waals surface area contributed by atoms with Crippen LogP contribution < -0.4 is 10.2 Å². The van der Waals surface area contributed by atoms with Crippen molar-refractivity contribution >= 4 is 23.1 Å². The minimum atomic E-state index is -4.67. The van der Waals surface area contributed by atoms with Crippen LogP contribution in [-0.4, -0.2) is 43.0 Å². The number of aliphatic imine (C=N–C) groups is 1. The van der Waals surface area contributed by atoms with Crippen LogP contribution >= 0.6 is 0 Å². The zero-order chi connectivity index (χ0) is 29.0. The van der Waals surface area contributed by atoms with E-state index in [1.165, 1.54) is 0 Å². The fourth-order valence-electron chi connectivity index (χ4n) is 4.60. The molecule has 0 spiro atoms. The maximum Gasteiger partial charge on any atom is 0.389 e. The average molecular weight is 554 g/mol. The van der Waals surface area contributed by atoms with Gasteiger partial charge in [0.2, 0.25) is 5.91 Å². The standard InChI is InChI=1S/C28H29F6N3O2/c1-17-25(35-24(19-9-5-4-6-10-19)22-11-7-8-12-23(22)37(17)3)36-26(39)21(14-16-28(32,33)34)20(18(2)38)13-15-27(29,30)31/h4-12,20-21,25H,1,13-16H2,2-3H3,(H,36,39)/t20-,21-,25-/m1/s1. The highest BCUT2D eigenvalue weighted by molar-refractivity contribution is 6.16. The maximum absolute atomic E-state index is 13.4. The summed E-state index contributed by atoms with van der Waals surface area (Å²) in [6.45, 7) is 5.00. The number of alkyl halides is 6. The molecule has 210 valence electrons. The number of Topliss-reactive ketones (excluding diaryl/α,β-unsaturated/α-hetero) is 1. The SMILES string of the molecule is C=C1[C@@H](NC(=O)[C@H](CCC(F)(F)F)[C@H](CCC(F)(F)F)C(C)=O)N=C(c2ccccc2)c2ccccc2N1C. The molecule has 2 aromatic carbocycles. The number of carbonyl (C=O) groups is 2. The Bertz CT molecular complexity index is 1220. The first kappa shape index (κ1) is 29.9. The topological polar surface area (TPSA) is 61.8 Å². The van der Waals surface area contributed by atoms with Gasteiger partial charge in [0.25, 0.3) is 0 Å². The van der Waals surface area contributed by atoms with Crippen molar-refractivity contribution in [2.75, 3.05) is 11.9 Å². The van der Waals surface area contributed by atoms with Gasteiger partial charge in [0, 0.05) is 42.9 Å². The molecular formula is C28H29F6N3O2. The van der Waals surface area contributed by atoms with Crippen molar-refractivity contribution in [2.24, 2.45) is 16.8 Å². The molecule has 0 aromatic heterocycles. The van der Waals surface area contributed by atoms with E-state index in [-0.39, 0.29) is 5.70 Å². The molecule has 0 aliphatic carbocycles. The zero-order valence-electron chi connectivity index (χ0n) is 21.4. The van der Waals surface area contributed by atoms with Crippen molar-refractivity contribution in [3.63, 3.8) is 0 Å². The molecule has 0 bridgehead atoms. The number of rotatable bonds is 9. The third-order valence-corrected chi connectivity index (χ3v) is 6.67. The molecule has 1 aliphatic heterocycles. The number of likely N-dealkylation sites (N-methyl/N-ethyl adjacent to an activating group) is 1. The van der Waals surface area contributed by atoms with Crippen LogP contribution in [0.5, 0.6) is 0 Å². The second-order valence-corrected chi connectivity index (χ2v) is 9.45. The number of nitrogens with one attached hydrogen (secondary N) is 1. The minimum Gasteiger partial charge on any atom is -0.345 e. The summed E-state index contributed by atoms with van der Waals surface area (Å²) in [5.41, 5.74) is 2.89. The Balaban J connectivity index is 2.00. The average Bonchev–Trinajstić information content (AvgIpc) is 2.95. The van der Waals surface area contributed by atoms with E-state index >= 15 is 0 Å². The molecule has 11 heteroatoms. The van der Waals surface area contributed by atoms with Gasteiger partial charge in [-0.1, -0.05) is 55.1 Å². The van der Waals surface area contributed by atoms with Gasteiger partial charge in [-0.3, -0.25) is 14.6 Å². The summed E-state index contributed by atoms with van der Waals surface area (Å²) in [6, 6.07) is 16.3. The number of fused-ring (bicyclic) bond motifs is 1. The molecule has 39 heavy (non-hydrogen) atoms. The Morgan fingerprint density at radius 3 is 2.03 bits per heavy atom. The maximum atomic E-state index is 13.4. The van der Waals surface area contributed by atoms with Gasteiger partial charge >= 0.3 is 12.4 Å². The lowest BCUT2D eigenvalue weighted by Gasteiger charge is -2.29. The highest BCUT2D eigenvalue weighted by Gasteiger charge is 2.40. The smallest absolute Gasteiger partial charge is 0.345 e. The normalized spacial score (nSPS) is 17.5. The fraction of sp³-hybridized carbons (Fsp3) is 0.393. The number of benzene rings is 2. The molecule has 5 nitrogen and oxygen atoms in total. The van der Waals surface area contributed by atoms with E-state index in [1.807, 2.05) is 18.2 Å². The molecule has 0 saturated heterocycles. The van der Waals surface area contributed by atoms with E-state index in [1.54, 1.807) is 48.3 Å².